The molecular weight excluding hydrogens is 489 g/mol. The number of benzene rings is 1. The van der Waals surface area contributed by atoms with Crippen LogP contribution in [-0.4, -0.2) is 53.0 Å². The summed E-state index contributed by atoms with van der Waals surface area (Å²) in [5.41, 5.74) is -0.523. The van der Waals surface area contributed by atoms with Crippen molar-refractivity contribution in [2.45, 2.75) is 37.7 Å². The largest absolute Gasteiger partial charge is 0.439 e. The maximum atomic E-state index is 12.7. The molecule has 1 aliphatic heterocycles. The third-order valence-corrected chi connectivity index (χ3v) is 6.59. The van der Waals surface area contributed by atoms with Crippen molar-refractivity contribution in [2.24, 2.45) is 7.05 Å². The lowest BCUT2D eigenvalue weighted by atomic mass is 9.91. The number of piperidine rings is 1. The highest BCUT2D eigenvalue weighted by atomic mass is 19.4. The fourth-order valence-corrected chi connectivity index (χ4v) is 4.43. The molecule has 1 aliphatic rings. The Morgan fingerprint density at radius 2 is 1.78 bits per heavy atom. The molecule has 0 atom stereocenters. The second-order valence-electron chi connectivity index (χ2n) is 9.31. The first-order chi connectivity index (χ1) is 17.6. The molecule has 194 valence electrons. The van der Waals surface area contributed by atoms with Crippen molar-refractivity contribution in [3.8, 4) is 11.6 Å². The number of alkyl halides is 3. The minimum atomic E-state index is -4.44. The molecule has 9 nitrogen and oxygen atoms in total. The predicted octanol–water partition coefficient (Wildman–Crippen LogP) is 3.36. The average molecular weight is 515 g/mol. The summed E-state index contributed by atoms with van der Waals surface area (Å²) < 4.78 is 46.6. The second kappa shape index (κ2) is 9.60. The number of pyridine rings is 1. The van der Waals surface area contributed by atoms with Gasteiger partial charge in [-0.15, -0.1) is 0 Å². The van der Waals surface area contributed by atoms with Crippen molar-refractivity contribution >= 4 is 11.0 Å². The molecule has 4 heterocycles. The highest BCUT2D eigenvalue weighted by molar-refractivity contribution is 5.72. The van der Waals surface area contributed by atoms with Gasteiger partial charge in [-0.25, -0.2) is 9.97 Å². The van der Waals surface area contributed by atoms with Gasteiger partial charge in [0.15, 0.2) is 5.65 Å². The number of rotatable bonds is 6. The normalized spacial score (nSPS) is 16.2. The Morgan fingerprint density at radius 1 is 1.05 bits per heavy atom. The third-order valence-electron chi connectivity index (χ3n) is 6.59. The maximum absolute atomic E-state index is 12.7. The molecule has 0 bridgehead atoms. The summed E-state index contributed by atoms with van der Waals surface area (Å²) in [6, 6.07) is 9.36. The lowest BCUT2D eigenvalue weighted by molar-refractivity contribution is -0.137. The molecule has 5 rings (SSSR count). The molecule has 0 spiro atoms. The average Bonchev–Trinajstić information content (AvgIpc) is 3.25. The monoisotopic (exact) mass is 514 g/mol. The Balaban J connectivity index is 1.15. The Kier molecular flexibility index (Phi) is 6.46. The Morgan fingerprint density at radius 3 is 2.43 bits per heavy atom. The van der Waals surface area contributed by atoms with Crippen LogP contribution < -0.4 is 10.3 Å². The summed E-state index contributed by atoms with van der Waals surface area (Å²) in [5.74, 6) is 0.543. The SMILES string of the molecule is Cn1ncc2c(=O)n(CC3(O)CCN(Cc4ccc(Oc5ccc(C(F)(F)F)cn5)cc4)CC3)cnc21. The van der Waals surface area contributed by atoms with Crippen molar-refractivity contribution in [3.05, 3.63) is 76.6 Å². The van der Waals surface area contributed by atoms with Gasteiger partial charge in [0.2, 0.25) is 5.88 Å². The van der Waals surface area contributed by atoms with Gasteiger partial charge in [-0.05, 0) is 36.6 Å². The number of hydrogen-bond donors (Lipinski definition) is 1. The van der Waals surface area contributed by atoms with Crippen molar-refractivity contribution in [1.82, 2.24) is 29.2 Å². The number of aromatic nitrogens is 5. The number of likely N-dealkylation sites (tertiary alicyclic amines) is 1. The summed E-state index contributed by atoms with van der Waals surface area (Å²) in [7, 11) is 1.72. The van der Waals surface area contributed by atoms with Gasteiger partial charge in [0.05, 0.1) is 23.9 Å². The zero-order valence-electron chi connectivity index (χ0n) is 20.0. The van der Waals surface area contributed by atoms with Crippen LogP contribution in [0.15, 0.2) is 59.9 Å². The molecule has 0 amide bonds. The second-order valence-corrected chi connectivity index (χ2v) is 9.31. The first kappa shape index (κ1) is 24.9. The van der Waals surface area contributed by atoms with Crippen LogP contribution in [0.2, 0.25) is 0 Å². The van der Waals surface area contributed by atoms with E-state index >= 15 is 0 Å². The van der Waals surface area contributed by atoms with Crippen molar-refractivity contribution in [1.29, 1.82) is 0 Å². The first-order valence-corrected chi connectivity index (χ1v) is 11.7. The topological polar surface area (TPSA) is 98.3 Å². The highest BCUT2D eigenvalue weighted by Gasteiger charge is 2.33. The maximum Gasteiger partial charge on any atom is 0.417 e. The molecule has 1 aromatic carbocycles. The molecule has 4 aromatic rings. The standard InChI is InChI=1S/C25H25F3N6O3/c1-32-22-20(13-31-32)23(35)34(16-30-22)15-24(36)8-10-33(11-9-24)14-17-2-5-19(6-3-17)37-21-7-4-18(12-29-21)25(26,27)28/h2-7,12-13,16,36H,8-11,14-15H2,1H3. The van der Waals surface area contributed by atoms with Crippen LogP contribution in [-0.2, 0) is 26.3 Å². The van der Waals surface area contributed by atoms with Crippen LogP contribution in [0, 0.1) is 0 Å². The van der Waals surface area contributed by atoms with Crippen LogP contribution in [0.1, 0.15) is 24.0 Å². The van der Waals surface area contributed by atoms with Gasteiger partial charge in [0.1, 0.15) is 17.5 Å². The zero-order chi connectivity index (χ0) is 26.2. The molecular formula is C25H25F3N6O3. The molecule has 0 aliphatic carbocycles. The van der Waals surface area contributed by atoms with Gasteiger partial charge in [-0.1, -0.05) is 12.1 Å². The zero-order valence-corrected chi connectivity index (χ0v) is 20.0. The van der Waals surface area contributed by atoms with Gasteiger partial charge in [0.25, 0.3) is 5.56 Å². The molecule has 0 saturated carbocycles. The van der Waals surface area contributed by atoms with E-state index in [0.29, 0.717) is 49.3 Å². The minimum Gasteiger partial charge on any atom is -0.439 e. The van der Waals surface area contributed by atoms with E-state index in [4.69, 9.17) is 4.74 Å². The Bertz CT molecular complexity index is 1440. The summed E-state index contributed by atoms with van der Waals surface area (Å²) in [5, 5.41) is 15.6. The molecule has 1 N–H and O–H groups in total. The number of fused-ring (bicyclic) bond motifs is 1. The van der Waals surface area contributed by atoms with Crippen LogP contribution in [0.25, 0.3) is 11.0 Å². The Hall–Kier alpha value is -3.77. The highest BCUT2D eigenvalue weighted by Crippen LogP contribution is 2.30. The lowest BCUT2D eigenvalue weighted by Gasteiger charge is -2.38. The smallest absolute Gasteiger partial charge is 0.417 e. The summed E-state index contributed by atoms with van der Waals surface area (Å²) >= 11 is 0. The van der Waals surface area contributed by atoms with Gasteiger partial charge >= 0.3 is 6.18 Å². The molecule has 37 heavy (non-hydrogen) atoms. The molecule has 12 heteroatoms. The van der Waals surface area contributed by atoms with Crippen LogP contribution >= 0.6 is 0 Å². The molecule has 3 aromatic heterocycles. The minimum absolute atomic E-state index is 0.0769. The molecule has 0 unspecified atom stereocenters. The number of halogens is 3. The van der Waals surface area contributed by atoms with E-state index in [9.17, 15) is 23.1 Å². The van der Waals surface area contributed by atoms with E-state index in [0.717, 1.165) is 17.8 Å². The third kappa shape index (κ3) is 5.49. The summed E-state index contributed by atoms with van der Waals surface area (Å²) in [6.45, 7) is 2.14. The van der Waals surface area contributed by atoms with Crippen LogP contribution in [0.5, 0.6) is 11.6 Å². The van der Waals surface area contributed by atoms with E-state index in [2.05, 4.69) is 20.0 Å². The number of aliphatic hydroxyl groups is 1. The van der Waals surface area contributed by atoms with Crippen LogP contribution in [0.3, 0.4) is 0 Å². The van der Waals surface area contributed by atoms with Crippen molar-refractivity contribution in [2.75, 3.05) is 13.1 Å². The van der Waals surface area contributed by atoms with Gasteiger partial charge in [-0.3, -0.25) is 18.9 Å². The summed E-state index contributed by atoms with van der Waals surface area (Å²) in [6.07, 6.45) is 0.257. The van der Waals surface area contributed by atoms with Gasteiger partial charge in [-0.2, -0.15) is 18.3 Å². The van der Waals surface area contributed by atoms with E-state index < -0.39 is 17.3 Å². The Labute approximate surface area is 209 Å². The van der Waals surface area contributed by atoms with Crippen molar-refractivity contribution < 1.29 is 23.0 Å². The summed E-state index contributed by atoms with van der Waals surface area (Å²) in [4.78, 5) is 23.0. The molecule has 1 fully saturated rings. The predicted molar refractivity (Wildman–Crippen MR) is 128 cm³/mol. The fraction of sp³-hybridized carbons (Fsp3) is 0.360. The quantitative estimate of drug-likeness (QED) is 0.421. The molecule has 1 saturated heterocycles. The van der Waals surface area contributed by atoms with E-state index in [-0.39, 0.29) is 18.0 Å². The van der Waals surface area contributed by atoms with E-state index in [1.54, 1.807) is 23.9 Å². The van der Waals surface area contributed by atoms with Gasteiger partial charge in [0, 0.05) is 38.9 Å². The van der Waals surface area contributed by atoms with E-state index in [1.807, 2.05) is 12.1 Å². The number of nitrogens with zero attached hydrogens (tertiary/aromatic N) is 6. The molecule has 0 radical (unpaired) electrons. The van der Waals surface area contributed by atoms with E-state index in [1.165, 1.54) is 23.2 Å². The fourth-order valence-electron chi connectivity index (χ4n) is 4.43. The lowest BCUT2D eigenvalue weighted by Crippen LogP contribution is -2.47. The first-order valence-electron chi connectivity index (χ1n) is 11.7. The van der Waals surface area contributed by atoms with Crippen LogP contribution in [0.4, 0.5) is 13.2 Å². The van der Waals surface area contributed by atoms with Gasteiger partial charge < -0.3 is 9.84 Å². The number of aryl methyl sites for hydroxylation is 1. The number of hydrogen-bond acceptors (Lipinski definition) is 7. The van der Waals surface area contributed by atoms with Crippen molar-refractivity contribution in [3.63, 3.8) is 0 Å². The number of ether oxygens (including phenoxy) is 1.